The first kappa shape index (κ1) is 21.0. The van der Waals surface area contributed by atoms with E-state index < -0.39 is 22.7 Å². The van der Waals surface area contributed by atoms with Crippen molar-refractivity contribution in [2.75, 3.05) is 27.4 Å². The summed E-state index contributed by atoms with van der Waals surface area (Å²) in [7, 11) is 2.97. The van der Waals surface area contributed by atoms with E-state index in [2.05, 4.69) is 0 Å². The number of Topliss-reactive ketones (excluding diaryl/α,β-unsaturated/α-hetero) is 1. The van der Waals surface area contributed by atoms with E-state index in [1.54, 1.807) is 24.3 Å². The molecule has 30 heavy (non-hydrogen) atoms. The lowest BCUT2D eigenvalue weighted by Gasteiger charge is -2.25. The maximum Gasteiger partial charge on any atom is 0.295 e. The van der Waals surface area contributed by atoms with Crippen molar-refractivity contribution in [3.8, 4) is 5.75 Å². The Bertz CT molecular complexity index is 997. The summed E-state index contributed by atoms with van der Waals surface area (Å²) >= 11 is 0. The van der Waals surface area contributed by atoms with Gasteiger partial charge >= 0.3 is 0 Å². The fourth-order valence-corrected chi connectivity index (χ4v) is 3.33. The topological polar surface area (TPSA) is 119 Å². The van der Waals surface area contributed by atoms with Crippen LogP contribution in [0.5, 0.6) is 5.75 Å². The van der Waals surface area contributed by atoms with Gasteiger partial charge in [0.1, 0.15) is 11.5 Å². The Morgan fingerprint density at radius 2 is 1.73 bits per heavy atom. The molecule has 1 saturated heterocycles. The number of hydrogen-bond donors (Lipinski definition) is 1. The monoisotopic (exact) mass is 412 g/mol. The van der Waals surface area contributed by atoms with E-state index in [0.717, 1.165) is 0 Å². The number of ketones is 1. The van der Waals surface area contributed by atoms with Crippen molar-refractivity contribution >= 4 is 23.1 Å². The van der Waals surface area contributed by atoms with Crippen LogP contribution in [-0.4, -0.2) is 54.0 Å². The Hall–Kier alpha value is -3.72. The largest absolute Gasteiger partial charge is 0.507 e. The normalized spacial score (nSPS) is 17.9. The van der Waals surface area contributed by atoms with Gasteiger partial charge in [-0.1, -0.05) is 0 Å². The molecule has 1 atom stereocenters. The third-order valence-corrected chi connectivity index (χ3v) is 4.86. The Balaban J connectivity index is 2.12. The lowest BCUT2D eigenvalue weighted by atomic mass is 9.95. The Morgan fingerprint density at radius 1 is 1.10 bits per heavy atom. The molecule has 9 nitrogen and oxygen atoms in total. The number of carbonyl (C=O) groups excluding carboxylic acids is 2. The Morgan fingerprint density at radius 3 is 2.27 bits per heavy atom. The molecule has 3 rings (SSSR count). The minimum absolute atomic E-state index is 0.0878. The summed E-state index contributed by atoms with van der Waals surface area (Å²) in [6.07, 6.45) is 0. The zero-order chi connectivity index (χ0) is 21.8. The summed E-state index contributed by atoms with van der Waals surface area (Å²) in [6.45, 7) is 0.293. The number of nitrogens with zero attached hydrogens (tertiary/aromatic N) is 2. The number of ether oxygens (including phenoxy) is 2. The van der Waals surface area contributed by atoms with Crippen molar-refractivity contribution in [1.82, 2.24) is 4.90 Å². The number of aliphatic hydroxyl groups is 1. The molecule has 156 valence electrons. The van der Waals surface area contributed by atoms with Gasteiger partial charge in [-0.3, -0.25) is 19.7 Å². The van der Waals surface area contributed by atoms with Crippen molar-refractivity contribution in [3.63, 3.8) is 0 Å². The second-order valence-corrected chi connectivity index (χ2v) is 6.56. The summed E-state index contributed by atoms with van der Waals surface area (Å²) in [6, 6.07) is 11.0. The summed E-state index contributed by atoms with van der Waals surface area (Å²) in [5.74, 6) is -1.37. The lowest BCUT2D eigenvalue weighted by molar-refractivity contribution is -0.384. The van der Waals surface area contributed by atoms with E-state index in [1.807, 2.05) is 0 Å². The van der Waals surface area contributed by atoms with Gasteiger partial charge in [0.25, 0.3) is 17.4 Å². The van der Waals surface area contributed by atoms with Gasteiger partial charge < -0.3 is 19.5 Å². The standard InChI is InChI=1S/C21H20N2O7/c1-29-12-11-22-18(13-3-7-15(8-4-13)23(27)28)17(20(25)21(22)26)19(24)14-5-9-16(30-2)10-6-14/h3-10,18,24H,11-12H2,1-2H3/b19-17-. The molecule has 0 saturated carbocycles. The molecular formula is C21H20N2O7. The quantitative estimate of drug-likeness (QED) is 0.244. The van der Waals surface area contributed by atoms with Gasteiger partial charge in [0, 0.05) is 31.4 Å². The van der Waals surface area contributed by atoms with Crippen LogP contribution < -0.4 is 4.74 Å². The van der Waals surface area contributed by atoms with Gasteiger partial charge in [0.05, 0.1) is 30.3 Å². The minimum Gasteiger partial charge on any atom is -0.507 e. The van der Waals surface area contributed by atoms with Crippen LogP contribution in [0, 0.1) is 10.1 Å². The first-order valence-electron chi connectivity index (χ1n) is 9.05. The summed E-state index contributed by atoms with van der Waals surface area (Å²) in [5, 5.41) is 21.9. The highest BCUT2D eigenvalue weighted by Gasteiger charge is 2.45. The molecule has 0 aliphatic carbocycles. The van der Waals surface area contributed by atoms with E-state index >= 15 is 0 Å². The van der Waals surface area contributed by atoms with Crippen molar-refractivity contribution in [2.45, 2.75) is 6.04 Å². The Labute approximate surface area is 172 Å². The lowest BCUT2D eigenvalue weighted by Crippen LogP contribution is -2.32. The number of aliphatic hydroxyl groups excluding tert-OH is 1. The summed E-state index contributed by atoms with van der Waals surface area (Å²) < 4.78 is 10.1. The number of nitro benzene ring substituents is 1. The molecule has 1 aliphatic heterocycles. The molecular weight excluding hydrogens is 392 g/mol. The van der Waals surface area contributed by atoms with Crippen molar-refractivity contribution in [2.24, 2.45) is 0 Å². The third kappa shape index (κ3) is 3.87. The summed E-state index contributed by atoms with van der Waals surface area (Å²) in [5.41, 5.74) is 0.594. The number of benzene rings is 2. The van der Waals surface area contributed by atoms with E-state index in [0.29, 0.717) is 16.9 Å². The first-order valence-corrected chi connectivity index (χ1v) is 9.05. The van der Waals surface area contributed by atoms with Gasteiger partial charge in [-0.2, -0.15) is 0 Å². The molecule has 0 bridgehead atoms. The molecule has 1 unspecified atom stereocenters. The van der Waals surface area contributed by atoms with E-state index in [4.69, 9.17) is 9.47 Å². The molecule has 1 fully saturated rings. The van der Waals surface area contributed by atoms with Gasteiger partial charge in [0.2, 0.25) is 0 Å². The zero-order valence-electron chi connectivity index (χ0n) is 16.4. The smallest absolute Gasteiger partial charge is 0.295 e. The van der Waals surface area contributed by atoms with Crippen molar-refractivity contribution in [1.29, 1.82) is 0 Å². The molecule has 2 aromatic carbocycles. The molecule has 1 amide bonds. The number of likely N-dealkylation sites (tertiary alicyclic amines) is 1. The van der Waals surface area contributed by atoms with Crippen molar-refractivity contribution in [3.05, 3.63) is 75.3 Å². The molecule has 1 aliphatic rings. The zero-order valence-corrected chi connectivity index (χ0v) is 16.4. The van der Waals surface area contributed by atoms with Crippen LogP contribution in [0.15, 0.2) is 54.1 Å². The molecule has 2 aromatic rings. The van der Waals surface area contributed by atoms with Crippen LogP contribution in [0.1, 0.15) is 17.2 Å². The highest BCUT2D eigenvalue weighted by Crippen LogP contribution is 2.39. The van der Waals surface area contributed by atoms with Gasteiger partial charge in [-0.05, 0) is 42.0 Å². The number of hydrogen-bond acceptors (Lipinski definition) is 7. The molecule has 0 spiro atoms. The van der Waals surface area contributed by atoms with Crippen molar-refractivity contribution < 1.29 is 29.1 Å². The number of carbonyl (C=O) groups is 2. The fraction of sp³-hybridized carbons (Fsp3) is 0.238. The van der Waals surface area contributed by atoms with E-state index in [1.165, 1.54) is 43.4 Å². The average molecular weight is 412 g/mol. The SMILES string of the molecule is COCCN1C(=O)C(=O)/C(=C(\O)c2ccc(OC)cc2)C1c1ccc([N+](=O)[O-])cc1. The van der Waals surface area contributed by atoms with Crippen LogP contribution >= 0.6 is 0 Å². The highest BCUT2D eigenvalue weighted by atomic mass is 16.6. The van der Waals surface area contributed by atoms with Crippen LogP contribution in [0.25, 0.3) is 5.76 Å². The predicted molar refractivity (Wildman–Crippen MR) is 107 cm³/mol. The average Bonchev–Trinajstić information content (AvgIpc) is 3.02. The van der Waals surface area contributed by atoms with E-state index in [9.17, 15) is 24.8 Å². The molecule has 9 heteroatoms. The van der Waals surface area contributed by atoms with Gasteiger partial charge in [-0.25, -0.2) is 0 Å². The highest BCUT2D eigenvalue weighted by molar-refractivity contribution is 6.46. The minimum atomic E-state index is -0.900. The van der Waals surface area contributed by atoms with Crippen LogP contribution in [0.2, 0.25) is 0 Å². The first-order chi connectivity index (χ1) is 14.4. The molecule has 0 aromatic heterocycles. The maximum atomic E-state index is 12.8. The fourth-order valence-electron chi connectivity index (χ4n) is 3.33. The van der Waals surface area contributed by atoms with Crippen LogP contribution in [-0.2, 0) is 14.3 Å². The van der Waals surface area contributed by atoms with E-state index in [-0.39, 0.29) is 30.2 Å². The van der Waals surface area contributed by atoms with Gasteiger partial charge in [-0.15, -0.1) is 0 Å². The Kier molecular flexibility index (Phi) is 6.12. The molecule has 1 N–H and O–H groups in total. The second-order valence-electron chi connectivity index (χ2n) is 6.56. The number of rotatable bonds is 7. The number of methoxy groups -OCH3 is 2. The predicted octanol–water partition coefficient (Wildman–Crippen LogP) is 2.67. The maximum absolute atomic E-state index is 12.8. The van der Waals surface area contributed by atoms with Gasteiger partial charge in [0.15, 0.2) is 0 Å². The number of nitro groups is 1. The summed E-state index contributed by atoms with van der Waals surface area (Å²) in [4.78, 5) is 37.2. The molecule has 0 radical (unpaired) electrons. The second kappa shape index (κ2) is 8.75. The number of amides is 1. The third-order valence-electron chi connectivity index (χ3n) is 4.86. The van der Waals surface area contributed by atoms with Crippen LogP contribution in [0.4, 0.5) is 5.69 Å². The molecule has 1 heterocycles. The number of non-ortho nitro benzene ring substituents is 1. The van der Waals surface area contributed by atoms with Crippen LogP contribution in [0.3, 0.4) is 0 Å².